The van der Waals surface area contributed by atoms with Gasteiger partial charge in [-0.1, -0.05) is 12.1 Å². The maximum Gasteiger partial charge on any atom is 0.123 e. The van der Waals surface area contributed by atoms with Crippen molar-refractivity contribution in [3.8, 4) is 17.0 Å². The maximum absolute atomic E-state index is 14.1. The number of aliphatic hydroxyl groups is 1. The molecule has 0 bridgehead atoms. The van der Waals surface area contributed by atoms with Crippen molar-refractivity contribution in [1.29, 1.82) is 0 Å². The van der Waals surface area contributed by atoms with Gasteiger partial charge in [-0.15, -0.1) is 0 Å². The molecule has 0 atom stereocenters. The second-order valence-electron chi connectivity index (χ2n) is 9.99. The molecule has 0 amide bonds. The lowest BCUT2D eigenvalue weighted by Gasteiger charge is -2.21. The fourth-order valence-corrected chi connectivity index (χ4v) is 4.43. The normalized spacial score (nSPS) is 13.9. The predicted octanol–water partition coefficient (Wildman–Crippen LogP) is 5.17. The molecule has 2 aromatic carbocycles. The topological polar surface area (TPSA) is 65.1 Å². The molecule has 1 N–H and O–H groups in total. The first-order valence-corrected chi connectivity index (χ1v) is 12.0. The van der Waals surface area contributed by atoms with E-state index in [0.29, 0.717) is 18.5 Å². The Morgan fingerprint density at radius 3 is 2.51 bits per heavy atom. The molecule has 6 nitrogen and oxygen atoms in total. The summed E-state index contributed by atoms with van der Waals surface area (Å²) < 4.78 is 23.3. The van der Waals surface area contributed by atoms with Gasteiger partial charge < -0.3 is 9.84 Å². The number of hydrogen-bond donors (Lipinski definition) is 1. The van der Waals surface area contributed by atoms with Gasteiger partial charge in [-0.2, -0.15) is 10.2 Å². The fraction of sp³-hybridized carbons (Fsp3) is 0.357. The molecular weight excluding hydrogens is 443 g/mol. The van der Waals surface area contributed by atoms with Gasteiger partial charge in [-0.25, -0.2) is 4.39 Å². The summed E-state index contributed by atoms with van der Waals surface area (Å²) in [4.78, 5) is 0. The third kappa shape index (κ3) is 5.46. The number of ether oxygens (including phenoxy) is 1. The number of methoxy groups -OCH3 is 1. The average Bonchev–Trinajstić information content (AvgIpc) is 3.39. The van der Waals surface area contributed by atoms with Crippen molar-refractivity contribution in [2.24, 2.45) is 5.92 Å². The van der Waals surface area contributed by atoms with Crippen molar-refractivity contribution in [2.45, 2.75) is 51.8 Å². The Hall–Kier alpha value is -3.45. The Morgan fingerprint density at radius 1 is 1.06 bits per heavy atom. The van der Waals surface area contributed by atoms with Crippen LogP contribution in [0.25, 0.3) is 11.3 Å². The third-order valence-electron chi connectivity index (χ3n) is 6.46. The first kappa shape index (κ1) is 23.3. The number of rotatable bonds is 9. The SMILES string of the molecule is COc1ccc(Cn2cc(Cc3cnn(CC4CC4)c3)c(-c3ccc(F)cc3C(C)(C)O)n2)cc1. The van der Waals surface area contributed by atoms with E-state index < -0.39 is 5.60 Å². The van der Waals surface area contributed by atoms with E-state index in [-0.39, 0.29) is 5.82 Å². The highest BCUT2D eigenvalue weighted by Crippen LogP contribution is 2.35. The minimum absolute atomic E-state index is 0.383. The van der Waals surface area contributed by atoms with E-state index in [9.17, 15) is 9.50 Å². The van der Waals surface area contributed by atoms with Gasteiger partial charge in [-0.3, -0.25) is 9.36 Å². The quantitative estimate of drug-likeness (QED) is 0.363. The summed E-state index contributed by atoms with van der Waals surface area (Å²) in [6.07, 6.45) is 9.25. The molecule has 7 heteroatoms. The van der Waals surface area contributed by atoms with Crippen LogP contribution in [0.4, 0.5) is 4.39 Å². The van der Waals surface area contributed by atoms with Gasteiger partial charge in [0.05, 0.1) is 31.1 Å². The van der Waals surface area contributed by atoms with E-state index in [1.807, 2.05) is 46.0 Å². The van der Waals surface area contributed by atoms with Crippen LogP contribution in [0.5, 0.6) is 5.75 Å². The molecule has 182 valence electrons. The van der Waals surface area contributed by atoms with Gasteiger partial charge in [0.15, 0.2) is 0 Å². The van der Waals surface area contributed by atoms with Crippen LogP contribution in [0.15, 0.2) is 61.1 Å². The smallest absolute Gasteiger partial charge is 0.123 e. The zero-order valence-corrected chi connectivity index (χ0v) is 20.4. The Balaban J connectivity index is 1.51. The van der Waals surface area contributed by atoms with Crippen LogP contribution in [0.1, 0.15) is 48.9 Å². The molecule has 0 saturated heterocycles. The van der Waals surface area contributed by atoms with Gasteiger partial charge in [0.2, 0.25) is 0 Å². The molecule has 0 unspecified atom stereocenters. The first-order chi connectivity index (χ1) is 16.8. The summed E-state index contributed by atoms with van der Waals surface area (Å²) in [5, 5.41) is 20.2. The van der Waals surface area contributed by atoms with Crippen LogP contribution < -0.4 is 4.74 Å². The Bertz CT molecular complexity index is 1310. The number of aromatic nitrogens is 4. The summed E-state index contributed by atoms with van der Waals surface area (Å²) in [5.41, 5.74) is 3.95. The monoisotopic (exact) mass is 474 g/mol. The Morgan fingerprint density at radius 2 is 1.83 bits per heavy atom. The predicted molar refractivity (Wildman–Crippen MR) is 133 cm³/mol. The van der Waals surface area contributed by atoms with Gasteiger partial charge in [0.1, 0.15) is 11.6 Å². The number of hydrogen-bond acceptors (Lipinski definition) is 4. The molecule has 0 spiro atoms. The molecular formula is C28H31FN4O2. The minimum Gasteiger partial charge on any atom is -0.497 e. The van der Waals surface area contributed by atoms with Crippen molar-refractivity contribution in [1.82, 2.24) is 19.6 Å². The van der Waals surface area contributed by atoms with Crippen LogP contribution in [0, 0.1) is 11.7 Å². The van der Waals surface area contributed by atoms with E-state index in [4.69, 9.17) is 9.84 Å². The van der Waals surface area contributed by atoms with E-state index in [0.717, 1.165) is 46.2 Å². The van der Waals surface area contributed by atoms with Crippen molar-refractivity contribution < 1.29 is 14.2 Å². The molecule has 1 fully saturated rings. The molecule has 0 aliphatic heterocycles. The van der Waals surface area contributed by atoms with Crippen molar-refractivity contribution in [3.63, 3.8) is 0 Å². The molecule has 0 radical (unpaired) electrons. The van der Waals surface area contributed by atoms with Crippen molar-refractivity contribution in [3.05, 3.63) is 89.1 Å². The summed E-state index contributed by atoms with van der Waals surface area (Å²) in [6.45, 7) is 4.88. The summed E-state index contributed by atoms with van der Waals surface area (Å²) in [6, 6.07) is 12.4. The lowest BCUT2D eigenvalue weighted by Crippen LogP contribution is -2.17. The van der Waals surface area contributed by atoms with Crippen LogP contribution in [-0.2, 0) is 25.1 Å². The van der Waals surface area contributed by atoms with Gasteiger partial charge >= 0.3 is 0 Å². The average molecular weight is 475 g/mol. The Labute approximate surface area is 205 Å². The molecule has 2 aromatic heterocycles. The first-order valence-electron chi connectivity index (χ1n) is 12.0. The summed E-state index contributed by atoms with van der Waals surface area (Å²) >= 11 is 0. The summed E-state index contributed by atoms with van der Waals surface area (Å²) in [5.74, 6) is 1.17. The lowest BCUT2D eigenvalue weighted by atomic mass is 9.90. The highest BCUT2D eigenvalue weighted by atomic mass is 19.1. The van der Waals surface area contributed by atoms with E-state index in [2.05, 4.69) is 11.3 Å². The molecule has 35 heavy (non-hydrogen) atoms. The van der Waals surface area contributed by atoms with Crippen LogP contribution in [0.2, 0.25) is 0 Å². The molecule has 2 heterocycles. The molecule has 5 rings (SSSR count). The minimum atomic E-state index is -1.22. The van der Waals surface area contributed by atoms with E-state index in [1.54, 1.807) is 27.0 Å². The van der Waals surface area contributed by atoms with Gasteiger partial charge in [0.25, 0.3) is 0 Å². The molecule has 1 aliphatic rings. The highest BCUT2D eigenvalue weighted by molar-refractivity contribution is 5.68. The Kier molecular flexibility index (Phi) is 6.19. The molecule has 4 aromatic rings. The lowest BCUT2D eigenvalue weighted by molar-refractivity contribution is 0.0788. The second-order valence-corrected chi connectivity index (χ2v) is 9.99. The van der Waals surface area contributed by atoms with Gasteiger partial charge in [-0.05, 0) is 79.6 Å². The zero-order valence-electron chi connectivity index (χ0n) is 20.4. The van der Waals surface area contributed by atoms with E-state index >= 15 is 0 Å². The maximum atomic E-state index is 14.1. The van der Waals surface area contributed by atoms with E-state index in [1.165, 1.54) is 25.0 Å². The largest absolute Gasteiger partial charge is 0.497 e. The second kappa shape index (κ2) is 9.30. The van der Waals surface area contributed by atoms with Crippen molar-refractivity contribution in [2.75, 3.05) is 7.11 Å². The highest BCUT2D eigenvalue weighted by Gasteiger charge is 2.25. The van der Waals surface area contributed by atoms with Crippen LogP contribution in [-0.4, -0.2) is 31.8 Å². The number of halogens is 1. The summed E-state index contributed by atoms with van der Waals surface area (Å²) in [7, 11) is 1.65. The van der Waals surface area contributed by atoms with Crippen LogP contribution in [0.3, 0.4) is 0 Å². The third-order valence-corrected chi connectivity index (χ3v) is 6.46. The standard InChI is InChI=1S/C28H31FN4O2/c1-28(2,34)26-13-23(29)8-11-25(26)27-22(12-21-14-30-32(17-21)15-19-4-5-19)18-33(31-27)16-20-6-9-24(35-3)10-7-20/h6-11,13-14,17-19,34H,4-5,12,15-16H2,1-3H3. The van der Waals surface area contributed by atoms with Crippen molar-refractivity contribution >= 4 is 0 Å². The number of benzene rings is 2. The number of nitrogens with zero attached hydrogens (tertiary/aromatic N) is 4. The van der Waals surface area contributed by atoms with Crippen LogP contribution >= 0.6 is 0 Å². The fourth-order valence-electron chi connectivity index (χ4n) is 4.43. The zero-order chi connectivity index (χ0) is 24.6. The molecule has 1 saturated carbocycles. The van der Waals surface area contributed by atoms with Gasteiger partial charge in [0, 0.05) is 36.5 Å². The molecule has 1 aliphatic carbocycles.